The maximum atomic E-state index is 12.4. The summed E-state index contributed by atoms with van der Waals surface area (Å²) in [6, 6.07) is 3.28. The van der Waals surface area contributed by atoms with E-state index in [4.69, 9.17) is 10.8 Å². The van der Waals surface area contributed by atoms with Crippen molar-refractivity contribution >= 4 is 11.4 Å². The van der Waals surface area contributed by atoms with Gasteiger partial charge in [0.25, 0.3) is 0 Å². The molecule has 0 bridgehead atoms. The monoisotopic (exact) mass is 276 g/mol. The minimum atomic E-state index is -4.37. The summed E-state index contributed by atoms with van der Waals surface area (Å²) < 4.78 is 37.3. The average Bonchev–Trinajstić information content (AvgIpc) is 2.34. The molecule has 4 N–H and O–H groups in total. The maximum Gasteiger partial charge on any atom is 0.416 e. The first-order chi connectivity index (χ1) is 8.84. The third kappa shape index (κ3) is 4.98. The van der Waals surface area contributed by atoms with Gasteiger partial charge in [0.2, 0.25) is 0 Å². The molecule has 0 heterocycles. The quantitative estimate of drug-likeness (QED) is 0.552. The Morgan fingerprint density at radius 1 is 1.37 bits per heavy atom. The van der Waals surface area contributed by atoms with Crippen molar-refractivity contribution in [2.24, 2.45) is 5.92 Å². The number of hydrogen-bond donors (Lipinski definition) is 3. The predicted molar refractivity (Wildman–Crippen MR) is 69.8 cm³/mol. The average molecular weight is 276 g/mol. The zero-order chi connectivity index (χ0) is 14.5. The lowest BCUT2D eigenvalue weighted by Crippen LogP contribution is -2.10. The molecule has 1 unspecified atom stereocenters. The molecule has 0 aliphatic heterocycles. The molecule has 0 fully saturated rings. The molecule has 0 amide bonds. The summed E-state index contributed by atoms with van der Waals surface area (Å²) in [7, 11) is 0. The van der Waals surface area contributed by atoms with Gasteiger partial charge in [0.05, 0.1) is 16.9 Å². The summed E-state index contributed by atoms with van der Waals surface area (Å²) in [5.41, 5.74) is 5.43. The van der Waals surface area contributed by atoms with Crippen molar-refractivity contribution in [3.63, 3.8) is 0 Å². The molecule has 0 aliphatic rings. The Kier molecular flexibility index (Phi) is 5.47. The molecule has 0 saturated carbocycles. The molecule has 108 valence electrons. The van der Waals surface area contributed by atoms with Crippen LogP contribution in [0.5, 0.6) is 0 Å². The van der Waals surface area contributed by atoms with E-state index in [9.17, 15) is 13.2 Å². The molecular formula is C13H19F3N2O. The van der Waals surface area contributed by atoms with Gasteiger partial charge in [0, 0.05) is 13.2 Å². The highest BCUT2D eigenvalue weighted by molar-refractivity contribution is 5.67. The smallest absolute Gasteiger partial charge is 0.397 e. The number of halogens is 3. The maximum absolute atomic E-state index is 12.4. The van der Waals surface area contributed by atoms with E-state index in [1.807, 2.05) is 6.92 Å². The van der Waals surface area contributed by atoms with Crippen molar-refractivity contribution in [3.05, 3.63) is 23.8 Å². The van der Waals surface area contributed by atoms with Crippen molar-refractivity contribution in [3.8, 4) is 0 Å². The molecule has 0 radical (unpaired) electrons. The Morgan fingerprint density at radius 3 is 2.58 bits per heavy atom. The van der Waals surface area contributed by atoms with Gasteiger partial charge in [-0.05, 0) is 37.0 Å². The second-order valence-electron chi connectivity index (χ2n) is 4.66. The van der Waals surface area contributed by atoms with E-state index in [0.29, 0.717) is 12.2 Å². The predicted octanol–water partition coefficient (Wildman–Crippen LogP) is 3.11. The van der Waals surface area contributed by atoms with Gasteiger partial charge < -0.3 is 16.2 Å². The third-order valence-corrected chi connectivity index (χ3v) is 2.88. The van der Waals surface area contributed by atoms with Crippen LogP contribution in [0, 0.1) is 5.92 Å². The van der Waals surface area contributed by atoms with Crippen LogP contribution in [0.3, 0.4) is 0 Å². The van der Waals surface area contributed by atoms with Crippen LogP contribution in [-0.4, -0.2) is 18.3 Å². The fourth-order valence-corrected chi connectivity index (χ4v) is 1.66. The van der Waals surface area contributed by atoms with E-state index in [0.717, 1.165) is 25.0 Å². The van der Waals surface area contributed by atoms with Crippen LogP contribution in [0.4, 0.5) is 24.5 Å². The first-order valence-corrected chi connectivity index (χ1v) is 6.16. The van der Waals surface area contributed by atoms with Crippen LogP contribution in [0.1, 0.15) is 25.3 Å². The highest BCUT2D eigenvalue weighted by atomic mass is 19.4. The summed E-state index contributed by atoms with van der Waals surface area (Å²) >= 11 is 0. The van der Waals surface area contributed by atoms with Crippen molar-refractivity contribution in [2.75, 3.05) is 24.2 Å². The number of alkyl halides is 3. The summed E-state index contributed by atoms with van der Waals surface area (Å²) in [5.74, 6) is 0.228. The number of aliphatic hydroxyl groups is 1. The Hall–Kier alpha value is -1.43. The van der Waals surface area contributed by atoms with Gasteiger partial charge >= 0.3 is 6.18 Å². The lowest BCUT2D eigenvalue weighted by Gasteiger charge is -2.13. The second-order valence-corrected chi connectivity index (χ2v) is 4.66. The molecule has 1 atom stereocenters. The number of nitrogens with two attached hydrogens (primary N) is 1. The SMILES string of the molecule is CC(CO)CCCNc1ccc(C(F)(F)F)cc1N. The normalized spacial score (nSPS) is 13.3. The molecule has 1 rings (SSSR count). The number of rotatable bonds is 6. The topological polar surface area (TPSA) is 58.3 Å². The van der Waals surface area contributed by atoms with E-state index in [1.54, 1.807) is 0 Å². The van der Waals surface area contributed by atoms with Gasteiger partial charge in [-0.1, -0.05) is 6.92 Å². The highest BCUT2D eigenvalue weighted by Gasteiger charge is 2.30. The lowest BCUT2D eigenvalue weighted by atomic mass is 10.1. The Morgan fingerprint density at radius 2 is 2.05 bits per heavy atom. The molecule has 0 saturated heterocycles. The minimum absolute atomic E-state index is 0.0880. The van der Waals surface area contributed by atoms with Gasteiger partial charge in [-0.3, -0.25) is 0 Å². The van der Waals surface area contributed by atoms with Gasteiger partial charge in [0.1, 0.15) is 0 Å². The van der Waals surface area contributed by atoms with Crippen LogP contribution in [0.15, 0.2) is 18.2 Å². The van der Waals surface area contributed by atoms with E-state index in [-0.39, 0.29) is 18.2 Å². The molecule has 3 nitrogen and oxygen atoms in total. The molecule has 0 spiro atoms. The zero-order valence-electron chi connectivity index (χ0n) is 10.8. The number of anilines is 2. The van der Waals surface area contributed by atoms with Gasteiger partial charge in [0.15, 0.2) is 0 Å². The van der Waals surface area contributed by atoms with Gasteiger partial charge in [-0.25, -0.2) is 0 Å². The van der Waals surface area contributed by atoms with Gasteiger partial charge in [-0.2, -0.15) is 13.2 Å². The molecule has 1 aromatic carbocycles. The van der Waals surface area contributed by atoms with Gasteiger partial charge in [-0.15, -0.1) is 0 Å². The first kappa shape index (κ1) is 15.6. The first-order valence-electron chi connectivity index (χ1n) is 6.16. The molecule has 1 aromatic rings. The molecule has 0 aliphatic carbocycles. The van der Waals surface area contributed by atoms with Crippen LogP contribution in [0.25, 0.3) is 0 Å². The third-order valence-electron chi connectivity index (χ3n) is 2.88. The highest BCUT2D eigenvalue weighted by Crippen LogP contribution is 2.32. The Labute approximate surface area is 110 Å². The molecule has 19 heavy (non-hydrogen) atoms. The van der Waals surface area contributed by atoms with E-state index < -0.39 is 11.7 Å². The largest absolute Gasteiger partial charge is 0.416 e. The van der Waals surface area contributed by atoms with Crippen LogP contribution in [0.2, 0.25) is 0 Å². The second kappa shape index (κ2) is 6.65. The standard InChI is InChI=1S/C13H19F3N2O/c1-9(8-19)3-2-6-18-12-5-4-10(7-11(12)17)13(14,15)16/h4-5,7,9,18-19H,2-3,6,8,17H2,1H3. The number of nitrogens with one attached hydrogen (secondary N) is 1. The van der Waals surface area contributed by atoms with Crippen molar-refractivity contribution in [2.45, 2.75) is 25.9 Å². The van der Waals surface area contributed by atoms with E-state index >= 15 is 0 Å². The summed E-state index contributed by atoms with van der Waals surface area (Å²) in [4.78, 5) is 0. The number of hydrogen-bond acceptors (Lipinski definition) is 3. The van der Waals surface area contributed by atoms with Crippen molar-refractivity contribution < 1.29 is 18.3 Å². The van der Waals surface area contributed by atoms with Crippen molar-refractivity contribution in [1.29, 1.82) is 0 Å². The minimum Gasteiger partial charge on any atom is -0.397 e. The van der Waals surface area contributed by atoms with E-state index in [1.165, 1.54) is 6.07 Å². The Balaban J connectivity index is 2.52. The number of benzene rings is 1. The molecule has 6 heteroatoms. The van der Waals surface area contributed by atoms with E-state index in [2.05, 4.69) is 5.32 Å². The fraction of sp³-hybridized carbons (Fsp3) is 0.538. The summed E-state index contributed by atoms with van der Waals surface area (Å²) in [6.45, 7) is 2.69. The summed E-state index contributed by atoms with van der Waals surface area (Å²) in [6.07, 6.45) is -2.70. The molecular weight excluding hydrogens is 257 g/mol. The zero-order valence-corrected chi connectivity index (χ0v) is 10.8. The number of aliphatic hydroxyl groups excluding tert-OH is 1. The van der Waals surface area contributed by atoms with Crippen molar-refractivity contribution in [1.82, 2.24) is 0 Å². The lowest BCUT2D eigenvalue weighted by molar-refractivity contribution is -0.137. The number of nitrogen functional groups attached to an aromatic ring is 1. The van der Waals surface area contributed by atoms with Crippen LogP contribution < -0.4 is 11.1 Å². The summed E-state index contributed by atoms with van der Waals surface area (Å²) in [5, 5.41) is 11.9. The van der Waals surface area contributed by atoms with Crippen LogP contribution >= 0.6 is 0 Å². The van der Waals surface area contributed by atoms with Crippen LogP contribution in [-0.2, 0) is 6.18 Å². The fourth-order valence-electron chi connectivity index (χ4n) is 1.66. The molecule has 0 aromatic heterocycles. The Bertz CT molecular complexity index is 407.